The molecule has 0 radical (unpaired) electrons. The van der Waals surface area contributed by atoms with Crippen LogP contribution in [-0.4, -0.2) is 37.1 Å². The van der Waals surface area contributed by atoms with E-state index in [1.165, 1.54) is 17.0 Å². The van der Waals surface area contributed by atoms with Crippen LogP contribution in [0.5, 0.6) is 0 Å². The fourth-order valence-corrected chi connectivity index (χ4v) is 4.98. The number of sulfonamides is 1. The van der Waals surface area contributed by atoms with Crippen LogP contribution in [0.1, 0.15) is 54.1 Å². The van der Waals surface area contributed by atoms with Crippen molar-refractivity contribution < 1.29 is 22.8 Å². The number of carbonyl (C=O) groups excluding carboxylic acids is 3. The molecule has 2 aromatic rings. The fraction of sp³-hybridized carbons (Fsp3) is 0.318. The van der Waals surface area contributed by atoms with Crippen molar-refractivity contribution in [2.75, 3.05) is 4.72 Å². The fourth-order valence-electron chi connectivity index (χ4n) is 3.87. The number of piperidine rings is 1. The number of rotatable bonds is 5. The first-order valence-corrected chi connectivity index (χ1v) is 11.5. The average molecular weight is 442 g/mol. The predicted octanol–water partition coefficient (Wildman–Crippen LogP) is 2.37. The Hall–Kier alpha value is -3.20. The van der Waals surface area contributed by atoms with Gasteiger partial charge in [-0.2, -0.15) is 0 Å². The Labute approximate surface area is 180 Å². The molecule has 0 aliphatic carbocycles. The van der Waals surface area contributed by atoms with E-state index in [9.17, 15) is 22.8 Å². The molecule has 0 saturated carbocycles. The van der Waals surface area contributed by atoms with Gasteiger partial charge in [-0.05, 0) is 47.7 Å². The maximum Gasteiger partial charge on any atom is 0.261 e. The van der Waals surface area contributed by atoms with E-state index < -0.39 is 22.0 Å². The van der Waals surface area contributed by atoms with Gasteiger partial charge in [0.05, 0.1) is 4.90 Å². The van der Waals surface area contributed by atoms with Crippen molar-refractivity contribution in [3.8, 4) is 0 Å². The SMILES string of the molecule is CC(C)c1cccc(S(=O)(=O)Nc2ccc3c(c2)C(=O)N(C2CCC(=O)NC2=O)C3)c1. The van der Waals surface area contributed by atoms with Crippen LogP contribution >= 0.6 is 0 Å². The quantitative estimate of drug-likeness (QED) is 0.692. The zero-order valence-electron chi connectivity index (χ0n) is 17.2. The van der Waals surface area contributed by atoms with E-state index >= 15 is 0 Å². The third kappa shape index (κ3) is 4.05. The Bertz CT molecular complexity index is 1190. The van der Waals surface area contributed by atoms with E-state index in [1.807, 2.05) is 19.9 Å². The smallest absolute Gasteiger partial charge is 0.261 e. The van der Waals surface area contributed by atoms with Gasteiger partial charge in [-0.15, -0.1) is 0 Å². The molecule has 0 bridgehead atoms. The zero-order chi connectivity index (χ0) is 22.3. The zero-order valence-corrected chi connectivity index (χ0v) is 18.0. The number of imide groups is 1. The number of anilines is 1. The molecule has 2 aromatic carbocycles. The molecule has 9 heteroatoms. The lowest BCUT2D eigenvalue weighted by molar-refractivity contribution is -0.136. The summed E-state index contributed by atoms with van der Waals surface area (Å²) in [7, 11) is -3.83. The van der Waals surface area contributed by atoms with Crippen molar-refractivity contribution in [3.05, 3.63) is 59.2 Å². The number of amides is 3. The van der Waals surface area contributed by atoms with Crippen LogP contribution in [0.4, 0.5) is 5.69 Å². The molecule has 0 spiro atoms. The monoisotopic (exact) mass is 441 g/mol. The summed E-state index contributed by atoms with van der Waals surface area (Å²) in [6.45, 7) is 4.21. The minimum atomic E-state index is -3.83. The van der Waals surface area contributed by atoms with Gasteiger partial charge < -0.3 is 4.90 Å². The van der Waals surface area contributed by atoms with Crippen LogP contribution in [0.25, 0.3) is 0 Å². The van der Waals surface area contributed by atoms with Gasteiger partial charge in [0.25, 0.3) is 15.9 Å². The van der Waals surface area contributed by atoms with Crippen LogP contribution < -0.4 is 10.0 Å². The summed E-state index contributed by atoms with van der Waals surface area (Å²) in [6, 6.07) is 10.8. The van der Waals surface area contributed by atoms with Gasteiger partial charge in [0.15, 0.2) is 0 Å². The summed E-state index contributed by atoms with van der Waals surface area (Å²) < 4.78 is 28.2. The van der Waals surface area contributed by atoms with Gasteiger partial charge in [-0.3, -0.25) is 24.4 Å². The predicted molar refractivity (Wildman–Crippen MR) is 114 cm³/mol. The molecule has 31 heavy (non-hydrogen) atoms. The van der Waals surface area contributed by atoms with Crippen LogP contribution in [-0.2, 0) is 26.2 Å². The summed E-state index contributed by atoms with van der Waals surface area (Å²) in [4.78, 5) is 38.0. The summed E-state index contributed by atoms with van der Waals surface area (Å²) in [5.41, 5.74) is 2.24. The molecule has 2 aliphatic rings. The Morgan fingerprint density at radius 1 is 1.10 bits per heavy atom. The van der Waals surface area contributed by atoms with E-state index in [2.05, 4.69) is 10.0 Å². The first kappa shape index (κ1) is 21.0. The minimum Gasteiger partial charge on any atom is -0.322 e. The number of hydrogen-bond donors (Lipinski definition) is 2. The van der Waals surface area contributed by atoms with Crippen LogP contribution in [0, 0.1) is 0 Å². The van der Waals surface area contributed by atoms with E-state index in [0.29, 0.717) is 11.1 Å². The van der Waals surface area contributed by atoms with Gasteiger partial charge in [0, 0.05) is 24.2 Å². The highest BCUT2D eigenvalue weighted by molar-refractivity contribution is 7.92. The van der Waals surface area contributed by atoms with Crippen LogP contribution in [0.3, 0.4) is 0 Å². The van der Waals surface area contributed by atoms with Crippen molar-refractivity contribution in [3.63, 3.8) is 0 Å². The second-order valence-corrected chi connectivity index (χ2v) is 9.79. The number of nitrogens with one attached hydrogen (secondary N) is 2. The Morgan fingerprint density at radius 2 is 1.87 bits per heavy atom. The molecule has 2 heterocycles. The molecule has 1 atom stereocenters. The second kappa shape index (κ2) is 7.81. The van der Waals surface area contributed by atoms with Crippen molar-refractivity contribution in [2.24, 2.45) is 0 Å². The maximum absolute atomic E-state index is 12.9. The lowest BCUT2D eigenvalue weighted by Gasteiger charge is -2.29. The van der Waals surface area contributed by atoms with Crippen LogP contribution in [0.2, 0.25) is 0 Å². The Balaban J connectivity index is 1.56. The summed E-state index contributed by atoms with van der Waals surface area (Å²) in [6.07, 6.45) is 0.451. The van der Waals surface area contributed by atoms with Gasteiger partial charge in [0.2, 0.25) is 11.8 Å². The highest BCUT2D eigenvalue weighted by Gasteiger charge is 2.39. The molecule has 162 valence electrons. The summed E-state index contributed by atoms with van der Waals surface area (Å²) in [5, 5.41) is 2.26. The Morgan fingerprint density at radius 3 is 2.58 bits per heavy atom. The molecular weight excluding hydrogens is 418 g/mol. The van der Waals surface area contributed by atoms with E-state index in [0.717, 1.165) is 5.56 Å². The standard InChI is InChI=1S/C22H23N3O5S/c1-13(2)14-4-3-5-17(10-14)31(29,30)24-16-7-6-15-12-25(22(28)18(15)11-16)19-8-9-20(26)23-21(19)27/h3-7,10-11,13,19,24H,8-9,12H2,1-2H3,(H,23,26,27). The largest absolute Gasteiger partial charge is 0.322 e. The molecule has 4 rings (SSSR count). The molecule has 1 unspecified atom stereocenters. The number of benzene rings is 2. The third-order valence-corrected chi connectivity index (χ3v) is 6.99. The Kier molecular flexibility index (Phi) is 5.30. The van der Waals surface area contributed by atoms with Crippen molar-refractivity contribution >= 4 is 33.4 Å². The molecule has 8 nitrogen and oxygen atoms in total. The number of carbonyl (C=O) groups is 3. The highest BCUT2D eigenvalue weighted by Crippen LogP contribution is 2.30. The molecule has 2 aliphatic heterocycles. The van der Waals surface area contributed by atoms with E-state index in [-0.39, 0.29) is 47.7 Å². The first-order valence-electron chi connectivity index (χ1n) is 10.1. The van der Waals surface area contributed by atoms with Crippen molar-refractivity contribution in [1.82, 2.24) is 10.2 Å². The van der Waals surface area contributed by atoms with Gasteiger partial charge in [0.1, 0.15) is 6.04 Å². The molecule has 3 amide bonds. The lowest BCUT2D eigenvalue weighted by atomic mass is 10.0. The number of hydrogen-bond acceptors (Lipinski definition) is 5. The van der Waals surface area contributed by atoms with Gasteiger partial charge in [-0.1, -0.05) is 32.0 Å². The van der Waals surface area contributed by atoms with E-state index in [4.69, 9.17) is 0 Å². The normalized spacial score (nSPS) is 18.9. The lowest BCUT2D eigenvalue weighted by Crippen LogP contribution is -2.52. The summed E-state index contributed by atoms with van der Waals surface area (Å²) in [5.74, 6) is -0.995. The van der Waals surface area contributed by atoms with Gasteiger partial charge in [-0.25, -0.2) is 8.42 Å². The molecule has 1 saturated heterocycles. The van der Waals surface area contributed by atoms with E-state index in [1.54, 1.807) is 24.3 Å². The number of nitrogens with zero attached hydrogens (tertiary/aromatic N) is 1. The minimum absolute atomic E-state index is 0.149. The van der Waals surface area contributed by atoms with Gasteiger partial charge >= 0.3 is 0 Å². The topological polar surface area (TPSA) is 113 Å². The summed E-state index contributed by atoms with van der Waals surface area (Å²) >= 11 is 0. The van der Waals surface area contributed by atoms with Crippen molar-refractivity contribution in [2.45, 2.75) is 50.1 Å². The molecular formula is C22H23N3O5S. The maximum atomic E-state index is 12.9. The molecule has 1 fully saturated rings. The highest BCUT2D eigenvalue weighted by atomic mass is 32.2. The third-order valence-electron chi connectivity index (χ3n) is 5.62. The van der Waals surface area contributed by atoms with Crippen LogP contribution in [0.15, 0.2) is 47.4 Å². The van der Waals surface area contributed by atoms with Crippen molar-refractivity contribution in [1.29, 1.82) is 0 Å². The average Bonchev–Trinajstić information content (AvgIpc) is 3.04. The number of fused-ring (bicyclic) bond motifs is 1. The first-order chi connectivity index (χ1) is 14.7. The molecule has 2 N–H and O–H groups in total. The molecule has 0 aromatic heterocycles. The second-order valence-electron chi connectivity index (χ2n) is 8.10.